The zero-order chi connectivity index (χ0) is 14.6. The fraction of sp³-hybridized carbons (Fsp3) is 0. The van der Waals surface area contributed by atoms with E-state index in [2.05, 4.69) is 0 Å². The number of benzene rings is 2. The number of hydrogen-bond acceptors (Lipinski definition) is 4. The summed E-state index contributed by atoms with van der Waals surface area (Å²) in [6.45, 7) is 0. The maximum atomic E-state index is 12.4. The molecule has 20 heavy (non-hydrogen) atoms. The van der Waals surface area contributed by atoms with Crippen molar-refractivity contribution in [3.05, 3.63) is 60.7 Å². The summed E-state index contributed by atoms with van der Waals surface area (Å²) in [5, 5.41) is 0. The lowest BCUT2D eigenvalue weighted by Crippen LogP contribution is -2.01. The summed E-state index contributed by atoms with van der Waals surface area (Å²) in [6.07, 6.45) is 0. The second-order valence-electron chi connectivity index (χ2n) is 3.79. The fourth-order valence-corrected chi connectivity index (χ4v) is 3.58. The minimum atomic E-state index is -5.11. The smallest absolute Gasteiger partial charge is 0.408 e. The molecule has 0 saturated heterocycles. The molecule has 2 rings (SSSR count). The zero-order valence-electron chi connectivity index (χ0n) is 10.2. The summed E-state index contributed by atoms with van der Waals surface area (Å²) < 4.78 is 33.7. The molecule has 0 aliphatic heterocycles. The zero-order valence-corrected chi connectivity index (χ0v) is 12.0. The van der Waals surface area contributed by atoms with Gasteiger partial charge in [0.25, 0.3) is 0 Å². The lowest BCUT2D eigenvalue weighted by atomic mass is 10.3. The van der Waals surface area contributed by atoms with Gasteiger partial charge in [-0.05, 0) is 24.3 Å². The Bertz CT molecular complexity index is 607. The van der Waals surface area contributed by atoms with E-state index in [0.717, 1.165) is 0 Å². The van der Waals surface area contributed by atoms with Crippen LogP contribution in [0.2, 0.25) is 0 Å². The predicted octanol–water partition coefficient (Wildman–Crippen LogP) is 3.43. The summed E-state index contributed by atoms with van der Waals surface area (Å²) in [7, 11) is -9.79. The van der Waals surface area contributed by atoms with Crippen molar-refractivity contribution in [3.8, 4) is 11.5 Å². The molecule has 2 N–H and O–H groups in total. The van der Waals surface area contributed by atoms with E-state index >= 15 is 0 Å². The van der Waals surface area contributed by atoms with Gasteiger partial charge in [0.2, 0.25) is 0 Å². The molecule has 0 bridgehead atoms. The molecule has 106 valence electrons. The van der Waals surface area contributed by atoms with Gasteiger partial charge >= 0.3 is 14.6 Å². The molecule has 0 fully saturated rings. The maximum Gasteiger partial charge on any atom is 0.540 e. The molecule has 0 saturated carbocycles. The van der Waals surface area contributed by atoms with Gasteiger partial charge in [0, 0.05) is 0 Å². The SMILES string of the molecule is O=P(O)(O)P(=O)(Oc1ccccc1)Oc1ccccc1. The predicted molar refractivity (Wildman–Crippen MR) is 73.8 cm³/mol. The van der Waals surface area contributed by atoms with Gasteiger partial charge in [0.1, 0.15) is 11.5 Å². The average molecular weight is 314 g/mol. The standard InChI is InChI=1S/C12H12O6P2/c13-19(14,15)20(16,17-11-7-3-1-4-8-11)18-12-9-5-2-6-10-12/h1-10H,(H2,13,14,15). The van der Waals surface area contributed by atoms with Gasteiger partial charge in [-0.1, -0.05) is 36.4 Å². The first-order valence-corrected chi connectivity index (χ1v) is 9.42. The summed E-state index contributed by atoms with van der Waals surface area (Å²) in [4.78, 5) is 18.5. The number of para-hydroxylation sites is 2. The van der Waals surface area contributed by atoms with E-state index in [-0.39, 0.29) is 11.5 Å². The lowest BCUT2D eigenvalue weighted by molar-refractivity contribution is 0.348. The highest BCUT2D eigenvalue weighted by Gasteiger charge is 2.49. The fourth-order valence-electron chi connectivity index (χ4n) is 1.35. The third kappa shape index (κ3) is 3.50. The first-order chi connectivity index (χ1) is 9.41. The first-order valence-electron chi connectivity index (χ1n) is 5.56. The average Bonchev–Trinajstić information content (AvgIpc) is 2.39. The van der Waals surface area contributed by atoms with Gasteiger partial charge in [0.15, 0.2) is 0 Å². The van der Waals surface area contributed by atoms with Crippen molar-refractivity contribution < 1.29 is 28.0 Å². The Morgan fingerprint density at radius 3 is 1.35 bits per heavy atom. The van der Waals surface area contributed by atoms with Crippen molar-refractivity contribution in [1.82, 2.24) is 0 Å². The van der Waals surface area contributed by atoms with Crippen molar-refractivity contribution in [2.24, 2.45) is 0 Å². The molecule has 0 atom stereocenters. The van der Waals surface area contributed by atoms with Crippen LogP contribution in [0.1, 0.15) is 0 Å². The van der Waals surface area contributed by atoms with Gasteiger partial charge in [0.05, 0.1) is 0 Å². The van der Waals surface area contributed by atoms with Gasteiger partial charge < -0.3 is 18.8 Å². The summed E-state index contributed by atoms with van der Waals surface area (Å²) in [6, 6.07) is 15.4. The van der Waals surface area contributed by atoms with Crippen molar-refractivity contribution >= 4 is 14.6 Å². The Labute approximate surface area is 115 Å². The molecule has 0 radical (unpaired) electrons. The van der Waals surface area contributed by atoms with Crippen LogP contribution in [0.4, 0.5) is 0 Å². The maximum absolute atomic E-state index is 12.4. The van der Waals surface area contributed by atoms with E-state index in [9.17, 15) is 18.9 Å². The lowest BCUT2D eigenvalue weighted by Gasteiger charge is -2.20. The molecule has 0 aromatic heterocycles. The van der Waals surface area contributed by atoms with E-state index < -0.39 is 14.6 Å². The number of hydrogen-bond donors (Lipinski definition) is 2. The Kier molecular flexibility index (Phi) is 4.31. The van der Waals surface area contributed by atoms with Crippen molar-refractivity contribution in [2.75, 3.05) is 0 Å². The van der Waals surface area contributed by atoms with E-state index in [1.54, 1.807) is 36.4 Å². The third-order valence-corrected chi connectivity index (χ3v) is 6.17. The topological polar surface area (TPSA) is 93.1 Å². The van der Waals surface area contributed by atoms with Crippen LogP contribution in [0.25, 0.3) is 0 Å². The molecule has 8 heteroatoms. The van der Waals surface area contributed by atoms with Crippen molar-refractivity contribution in [3.63, 3.8) is 0 Å². The quantitative estimate of drug-likeness (QED) is 0.821. The van der Waals surface area contributed by atoms with Gasteiger partial charge in [-0.3, -0.25) is 0 Å². The van der Waals surface area contributed by atoms with Gasteiger partial charge in [-0.25, -0.2) is 9.13 Å². The molecule has 0 unspecified atom stereocenters. The molecule has 0 heterocycles. The van der Waals surface area contributed by atoms with Crippen molar-refractivity contribution in [2.45, 2.75) is 0 Å². The van der Waals surface area contributed by atoms with Crippen LogP contribution in [-0.2, 0) is 9.13 Å². The largest absolute Gasteiger partial charge is 0.540 e. The Morgan fingerprint density at radius 2 is 1.05 bits per heavy atom. The first kappa shape index (κ1) is 14.8. The molecule has 2 aromatic rings. The van der Waals surface area contributed by atoms with E-state index in [0.29, 0.717) is 0 Å². The molecular formula is C12H12O6P2. The van der Waals surface area contributed by atoms with Gasteiger partial charge in [-0.2, -0.15) is 0 Å². The van der Waals surface area contributed by atoms with Crippen LogP contribution in [0, 0.1) is 0 Å². The highest BCUT2D eigenvalue weighted by Crippen LogP contribution is 2.76. The Morgan fingerprint density at radius 1 is 0.700 bits per heavy atom. The Balaban J connectivity index is 2.32. The third-order valence-electron chi connectivity index (χ3n) is 2.25. The molecule has 6 nitrogen and oxygen atoms in total. The summed E-state index contributed by atoms with van der Waals surface area (Å²) in [5.41, 5.74) is 0. The van der Waals surface area contributed by atoms with E-state index in [1.165, 1.54) is 24.3 Å². The highest BCUT2D eigenvalue weighted by molar-refractivity contribution is 8.27. The molecule has 0 amide bonds. The molecule has 0 aliphatic carbocycles. The van der Waals surface area contributed by atoms with Crippen molar-refractivity contribution in [1.29, 1.82) is 0 Å². The van der Waals surface area contributed by atoms with Crippen LogP contribution in [0.5, 0.6) is 11.5 Å². The van der Waals surface area contributed by atoms with E-state index in [1.807, 2.05) is 0 Å². The van der Waals surface area contributed by atoms with Crippen LogP contribution in [0.15, 0.2) is 60.7 Å². The molecule has 2 aromatic carbocycles. The van der Waals surface area contributed by atoms with Crippen LogP contribution >= 0.6 is 14.6 Å². The second kappa shape index (κ2) is 5.81. The number of rotatable bonds is 5. The summed E-state index contributed by atoms with van der Waals surface area (Å²) in [5.74, 6) is 0.102. The summed E-state index contributed by atoms with van der Waals surface area (Å²) >= 11 is 0. The molecule has 0 aliphatic rings. The normalized spacial score (nSPS) is 11.9. The molecular weight excluding hydrogens is 302 g/mol. The second-order valence-corrected chi connectivity index (χ2v) is 9.15. The molecule has 0 spiro atoms. The monoisotopic (exact) mass is 314 g/mol. The Hall–Kier alpha value is -1.58. The van der Waals surface area contributed by atoms with Crippen LogP contribution in [0.3, 0.4) is 0 Å². The van der Waals surface area contributed by atoms with Crippen LogP contribution < -0.4 is 9.05 Å². The van der Waals surface area contributed by atoms with E-state index in [4.69, 9.17) is 9.05 Å². The van der Waals surface area contributed by atoms with Crippen LogP contribution in [-0.4, -0.2) is 9.79 Å². The minimum absolute atomic E-state index is 0.0510. The highest BCUT2D eigenvalue weighted by atomic mass is 32.1. The minimum Gasteiger partial charge on any atom is -0.408 e. The van der Waals surface area contributed by atoms with Gasteiger partial charge in [-0.15, -0.1) is 0 Å².